The molecule has 9 heteroatoms. The summed E-state index contributed by atoms with van der Waals surface area (Å²) >= 11 is 0.685. The van der Waals surface area contributed by atoms with Gasteiger partial charge in [-0.2, -0.15) is 5.10 Å². The van der Waals surface area contributed by atoms with Crippen LogP contribution in [0.4, 0.5) is 0 Å². The van der Waals surface area contributed by atoms with Gasteiger partial charge in [0.1, 0.15) is 0 Å². The van der Waals surface area contributed by atoms with Crippen molar-refractivity contribution in [2.75, 3.05) is 0 Å². The van der Waals surface area contributed by atoms with Crippen LogP contribution in [0.5, 0.6) is 0 Å². The lowest BCUT2D eigenvalue weighted by Crippen LogP contribution is -2.27. The molecule has 0 radical (unpaired) electrons. The van der Waals surface area contributed by atoms with E-state index in [2.05, 4.69) is 14.8 Å². The fourth-order valence-corrected chi connectivity index (χ4v) is 4.48. The standard InChI is InChI=1S/C11H16N4O3S2/c1-6(9-5-12-15(4)8(9)3)14-20(17,18)10-7(2)13-11(16)19-10/h5-6,14H,1-4H3,(H,13,16). The second kappa shape index (κ2) is 5.15. The van der Waals surface area contributed by atoms with Gasteiger partial charge in [0, 0.05) is 30.0 Å². The van der Waals surface area contributed by atoms with Crippen LogP contribution in [0.15, 0.2) is 15.2 Å². The SMILES string of the molecule is Cc1[nH]c(=O)sc1S(=O)(=O)NC(C)c1cnn(C)c1C. The van der Waals surface area contributed by atoms with E-state index in [0.29, 0.717) is 17.0 Å². The van der Waals surface area contributed by atoms with Crippen LogP contribution in [-0.2, 0) is 17.1 Å². The van der Waals surface area contributed by atoms with Crippen molar-refractivity contribution in [3.63, 3.8) is 0 Å². The molecule has 2 aromatic heterocycles. The minimum Gasteiger partial charge on any atom is -0.315 e. The topological polar surface area (TPSA) is 96.8 Å². The highest BCUT2D eigenvalue weighted by atomic mass is 32.2. The van der Waals surface area contributed by atoms with E-state index >= 15 is 0 Å². The average Bonchev–Trinajstić information content (AvgIpc) is 2.83. The molecule has 2 N–H and O–H groups in total. The number of aromatic nitrogens is 3. The molecule has 0 aliphatic rings. The smallest absolute Gasteiger partial charge is 0.305 e. The zero-order valence-corrected chi connectivity index (χ0v) is 13.2. The van der Waals surface area contributed by atoms with E-state index in [9.17, 15) is 13.2 Å². The Morgan fingerprint density at radius 2 is 2.10 bits per heavy atom. The van der Waals surface area contributed by atoms with Crippen LogP contribution < -0.4 is 9.60 Å². The minimum absolute atomic E-state index is 0.0240. The van der Waals surface area contributed by atoms with E-state index in [4.69, 9.17) is 0 Å². The van der Waals surface area contributed by atoms with Crippen molar-refractivity contribution in [1.82, 2.24) is 19.5 Å². The fraction of sp³-hybridized carbons (Fsp3) is 0.455. The molecule has 1 unspecified atom stereocenters. The van der Waals surface area contributed by atoms with Crippen molar-refractivity contribution >= 4 is 21.4 Å². The summed E-state index contributed by atoms with van der Waals surface area (Å²) < 4.78 is 28.8. The maximum absolute atomic E-state index is 12.3. The third-order valence-electron chi connectivity index (χ3n) is 3.10. The number of hydrogen-bond donors (Lipinski definition) is 2. The molecule has 0 spiro atoms. The zero-order chi connectivity index (χ0) is 15.1. The summed E-state index contributed by atoms with van der Waals surface area (Å²) in [5.41, 5.74) is 2.04. The lowest BCUT2D eigenvalue weighted by atomic mass is 10.1. The number of rotatable bonds is 4. The number of aromatic amines is 1. The zero-order valence-electron chi connectivity index (χ0n) is 11.6. The van der Waals surface area contributed by atoms with Crippen LogP contribution in [0.3, 0.4) is 0 Å². The fourth-order valence-electron chi connectivity index (χ4n) is 1.94. The molecule has 0 aromatic carbocycles. The Morgan fingerprint density at radius 1 is 1.45 bits per heavy atom. The van der Waals surface area contributed by atoms with Gasteiger partial charge in [-0.1, -0.05) is 11.3 Å². The third-order valence-corrected chi connectivity index (χ3v) is 6.24. The second-order valence-electron chi connectivity index (χ2n) is 4.58. The maximum Gasteiger partial charge on any atom is 0.305 e. The molecule has 2 heterocycles. The number of sulfonamides is 1. The number of aryl methyl sites for hydroxylation is 2. The molecule has 20 heavy (non-hydrogen) atoms. The Bertz CT molecular complexity index is 785. The largest absolute Gasteiger partial charge is 0.315 e. The predicted molar refractivity (Wildman–Crippen MR) is 76.4 cm³/mol. The first kappa shape index (κ1) is 14.9. The molecule has 0 saturated heterocycles. The van der Waals surface area contributed by atoms with Gasteiger partial charge in [0.05, 0.1) is 6.20 Å². The van der Waals surface area contributed by atoms with E-state index < -0.39 is 16.1 Å². The van der Waals surface area contributed by atoms with Gasteiger partial charge in [0.2, 0.25) is 0 Å². The monoisotopic (exact) mass is 316 g/mol. The highest BCUT2D eigenvalue weighted by molar-refractivity contribution is 7.91. The average molecular weight is 316 g/mol. The number of nitrogens with zero attached hydrogens (tertiary/aromatic N) is 2. The first-order chi connectivity index (χ1) is 9.22. The molecule has 0 amide bonds. The summed E-state index contributed by atoms with van der Waals surface area (Å²) in [5.74, 6) is 0. The van der Waals surface area contributed by atoms with E-state index in [1.54, 1.807) is 31.8 Å². The Labute approximate surface area is 120 Å². The molecule has 0 bridgehead atoms. The normalized spacial score (nSPS) is 13.6. The Hall–Kier alpha value is -1.45. The van der Waals surface area contributed by atoms with Crippen molar-refractivity contribution in [1.29, 1.82) is 0 Å². The van der Waals surface area contributed by atoms with Crippen molar-refractivity contribution < 1.29 is 8.42 Å². The van der Waals surface area contributed by atoms with Crippen LogP contribution in [0, 0.1) is 13.8 Å². The van der Waals surface area contributed by atoms with Gasteiger partial charge >= 0.3 is 4.87 Å². The van der Waals surface area contributed by atoms with Crippen LogP contribution in [0.2, 0.25) is 0 Å². The quantitative estimate of drug-likeness (QED) is 0.873. The number of thiazole rings is 1. The molecule has 110 valence electrons. The van der Waals surface area contributed by atoms with Gasteiger partial charge in [-0.25, -0.2) is 13.1 Å². The minimum atomic E-state index is -3.72. The van der Waals surface area contributed by atoms with E-state index in [1.807, 2.05) is 6.92 Å². The van der Waals surface area contributed by atoms with Gasteiger partial charge in [-0.15, -0.1) is 0 Å². The molecule has 2 aromatic rings. The first-order valence-electron chi connectivity index (χ1n) is 5.93. The van der Waals surface area contributed by atoms with Crippen LogP contribution in [0.25, 0.3) is 0 Å². The molecule has 7 nitrogen and oxygen atoms in total. The molecule has 2 rings (SSSR count). The summed E-state index contributed by atoms with van der Waals surface area (Å²) in [4.78, 5) is 13.3. The van der Waals surface area contributed by atoms with Gasteiger partial charge in [0.25, 0.3) is 10.0 Å². The Kier molecular flexibility index (Phi) is 3.85. The molecule has 0 saturated carbocycles. The van der Waals surface area contributed by atoms with Gasteiger partial charge in [-0.05, 0) is 20.8 Å². The number of hydrogen-bond acceptors (Lipinski definition) is 5. The summed E-state index contributed by atoms with van der Waals surface area (Å²) in [6, 6.07) is -0.426. The molecular formula is C11H16N4O3S2. The van der Waals surface area contributed by atoms with Crippen LogP contribution in [-0.4, -0.2) is 23.2 Å². The second-order valence-corrected chi connectivity index (χ2v) is 7.47. The third kappa shape index (κ3) is 2.69. The molecule has 0 fully saturated rings. The first-order valence-corrected chi connectivity index (χ1v) is 8.23. The molecule has 0 aliphatic carbocycles. The van der Waals surface area contributed by atoms with Crippen LogP contribution in [0.1, 0.15) is 29.9 Å². The lowest BCUT2D eigenvalue weighted by molar-refractivity contribution is 0.567. The van der Waals surface area contributed by atoms with Crippen LogP contribution >= 0.6 is 11.3 Å². The van der Waals surface area contributed by atoms with Gasteiger partial charge < -0.3 is 4.98 Å². The van der Waals surface area contributed by atoms with E-state index in [1.165, 1.54) is 0 Å². The summed E-state index contributed by atoms with van der Waals surface area (Å²) in [6.07, 6.45) is 1.63. The highest BCUT2D eigenvalue weighted by Gasteiger charge is 2.24. The summed E-state index contributed by atoms with van der Waals surface area (Å²) in [7, 11) is -1.93. The van der Waals surface area contributed by atoms with Gasteiger partial charge in [0.15, 0.2) is 4.21 Å². The lowest BCUT2D eigenvalue weighted by Gasteiger charge is -2.13. The summed E-state index contributed by atoms with van der Waals surface area (Å²) in [6.45, 7) is 5.17. The molecule has 0 aliphatic heterocycles. The van der Waals surface area contributed by atoms with Crippen molar-refractivity contribution in [2.24, 2.45) is 7.05 Å². The van der Waals surface area contributed by atoms with E-state index in [0.717, 1.165) is 11.3 Å². The maximum atomic E-state index is 12.3. The summed E-state index contributed by atoms with van der Waals surface area (Å²) in [5, 5.41) is 4.09. The van der Waals surface area contributed by atoms with Crippen molar-refractivity contribution in [2.45, 2.75) is 31.0 Å². The van der Waals surface area contributed by atoms with E-state index in [-0.39, 0.29) is 9.08 Å². The number of nitrogens with one attached hydrogen (secondary N) is 2. The Morgan fingerprint density at radius 3 is 2.55 bits per heavy atom. The van der Waals surface area contributed by atoms with Crippen molar-refractivity contribution in [3.8, 4) is 0 Å². The molecular weight excluding hydrogens is 300 g/mol. The predicted octanol–water partition coefficient (Wildman–Crippen LogP) is 0.826. The Balaban J connectivity index is 2.31. The van der Waals surface area contributed by atoms with Gasteiger partial charge in [-0.3, -0.25) is 9.48 Å². The van der Waals surface area contributed by atoms with Crippen molar-refractivity contribution in [3.05, 3.63) is 32.8 Å². The highest BCUT2D eigenvalue weighted by Crippen LogP contribution is 2.21. The number of H-pyrrole nitrogens is 1. The molecule has 1 atom stereocenters.